The molecule has 3 heterocycles. The van der Waals surface area contributed by atoms with Gasteiger partial charge in [-0.2, -0.15) is 0 Å². The highest BCUT2D eigenvalue weighted by atomic mass is 79.9. The summed E-state index contributed by atoms with van der Waals surface area (Å²) in [5, 5.41) is 3.65. The molecule has 1 N–H and O–H groups in total. The van der Waals surface area contributed by atoms with E-state index >= 15 is 0 Å². The number of nitrogens with one attached hydrogen (secondary N) is 1. The molecule has 1 aromatic rings. The van der Waals surface area contributed by atoms with Gasteiger partial charge in [-0.05, 0) is 41.7 Å². The normalized spacial score (nSPS) is 26.8. The molecule has 4 nitrogen and oxygen atoms in total. The molecule has 20 heavy (non-hydrogen) atoms. The second-order valence-electron chi connectivity index (χ2n) is 6.23. The maximum Gasteiger partial charge on any atom is 0.134 e. The van der Waals surface area contributed by atoms with Crippen LogP contribution in [0.15, 0.2) is 10.7 Å². The Balaban J connectivity index is 1.74. The van der Waals surface area contributed by atoms with Crippen molar-refractivity contribution in [3.05, 3.63) is 16.5 Å². The molecule has 0 aromatic carbocycles. The predicted octanol–water partition coefficient (Wildman–Crippen LogP) is 3.40. The quantitative estimate of drug-likeness (QED) is 0.857. The van der Waals surface area contributed by atoms with Gasteiger partial charge in [0.05, 0.1) is 0 Å². The van der Waals surface area contributed by atoms with Gasteiger partial charge in [-0.1, -0.05) is 20.3 Å². The Morgan fingerprint density at radius 2 is 2.10 bits per heavy atom. The fourth-order valence-corrected chi connectivity index (χ4v) is 3.77. The first kappa shape index (κ1) is 14.3. The Morgan fingerprint density at radius 3 is 2.90 bits per heavy atom. The summed E-state index contributed by atoms with van der Waals surface area (Å²) in [4.78, 5) is 11.7. The van der Waals surface area contributed by atoms with Crippen molar-refractivity contribution >= 4 is 21.7 Å². The lowest BCUT2D eigenvalue weighted by atomic mass is 9.99. The van der Waals surface area contributed by atoms with Crippen molar-refractivity contribution in [2.45, 2.75) is 57.5 Å². The Bertz CT molecular complexity index is 477. The van der Waals surface area contributed by atoms with Crippen LogP contribution in [-0.2, 0) is 0 Å². The molecular formula is C15H23BrN4. The molecule has 2 aliphatic heterocycles. The number of piperidine rings is 1. The molecule has 2 atom stereocenters. The average molecular weight is 339 g/mol. The van der Waals surface area contributed by atoms with Crippen molar-refractivity contribution in [3.63, 3.8) is 0 Å². The van der Waals surface area contributed by atoms with Crippen LogP contribution in [-0.4, -0.2) is 40.0 Å². The smallest absolute Gasteiger partial charge is 0.134 e. The Labute approximate surface area is 129 Å². The standard InChI is InChI=1S/C15H23BrN4/c1-10(2)15-18-13(16)9-14(19-15)17-11-6-8-20-7-4-3-5-12(11)20/h9-12H,3-8H2,1-2H3,(H,17,18,19). The van der Waals surface area contributed by atoms with Gasteiger partial charge in [-0.15, -0.1) is 0 Å². The van der Waals surface area contributed by atoms with Crippen LogP contribution in [0.1, 0.15) is 51.3 Å². The second-order valence-corrected chi connectivity index (χ2v) is 7.04. The minimum absolute atomic E-state index is 0.350. The van der Waals surface area contributed by atoms with Gasteiger partial charge < -0.3 is 5.32 Å². The van der Waals surface area contributed by atoms with Crippen molar-refractivity contribution in [1.82, 2.24) is 14.9 Å². The molecule has 0 aliphatic carbocycles. The number of fused-ring (bicyclic) bond motifs is 1. The zero-order valence-corrected chi connectivity index (χ0v) is 13.9. The highest BCUT2D eigenvalue weighted by Crippen LogP contribution is 2.29. The number of aromatic nitrogens is 2. The molecule has 0 radical (unpaired) electrons. The molecular weight excluding hydrogens is 316 g/mol. The van der Waals surface area contributed by atoms with E-state index in [1.165, 1.54) is 38.8 Å². The third-order valence-electron chi connectivity index (χ3n) is 4.42. The van der Waals surface area contributed by atoms with Crippen LogP contribution in [0.4, 0.5) is 5.82 Å². The van der Waals surface area contributed by atoms with Gasteiger partial charge in [0.1, 0.15) is 16.2 Å². The van der Waals surface area contributed by atoms with E-state index in [9.17, 15) is 0 Å². The predicted molar refractivity (Wildman–Crippen MR) is 85.1 cm³/mol. The Morgan fingerprint density at radius 1 is 1.25 bits per heavy atom. The van der Waals surface area contributed by atoms with E-state index in [1.807, 2.05) is 6.07 Å². The van der Waals surface area contributed by atoms with Crippen LogP contribution in [0.2, 0.25) is 0 Å². The van der Waals surface area contributed by atoms with Crippen molar-refractivity contribution < 1.29 is 0 Å². The minimum Gasteiger partial charge on any atom is -0.366 e. The Hall–Kier alpha value is -0.680. The van der Waals surface area contributed by atoms with Crippen LogP contribution in [0.25, 0.3) is 0 Å². The lowest BCUT2D eigenvalue weighted by Crippen LogP contribution is -2.41. The summed E-state index contributed by atoms with van der Waals surface area (Å²) in [5.41, 5.74) is 0. The summed E-state index contributed by atoms with van der Waals surface area (Å²) in [7, 11) is 0. The highest BCUT2D eigenvalue weighted by Gasteiger charge is 2.35. The number of hydrogen-bond donors (Lipinski definition) is 1. The first-order valence-corrected chi connectivity index (χ1v) is 8.48. The van der Waals surface area contributed by atoms with Gasteiger partial charge in [-0.3, -0.25) is 4.90 Å². The van der Waals surface area contributed by atoms with Crippen molar-refractivity contribution in [2.75, 3.05) is 18.4 Å². The first-order chi connectivity index (χ1) is 9.63. The third-order valence-corrected chi connectivity index (χ3v) is 4.82. The fourth-order valence-electron chi connectivity index (χ4n) is 3.37. The van der Waals surface area contributed by atoms with Gasteiger partial charge in [-0.25, -0.2) is 9.97 Å². The zero-order valence-electron chi connectivity index (χ0n) is 12.3. The SMILES string of the molecule is CC(C)c1nc(Br)cc(NC2CCN3CCCCC23)n1. The summed E-state index contributed by atoms with van der Waals surface area (Å²) < 4.78 is 0.872. The van der Waals surface area contributed by atoms with Crippen molar-refractivity contribution in [2.24, 2.45) is 0 Å². The molecule has 2 saturated heterocycles. The third kappa shape index (κ3) is 2.98. The zero-order chi connectivity index (χ0) is 14.1. The van der Waals surface area contributed by atoms with E-state index in [4.69, 9.17) is 0 Å². The van der Waals surface area contributed by atoms with Crippen LogP contribution in [0.5, 0.6) is 0 Å². The summed E-state index contributed by atoms with van der Waals surface area (Å²) in [6, 6.07) is 3.23. The van der Waals surface area contributed by atoms with Crippen LogP contribution < -0.4 is 5.32 Å². The largest absolute Gasteiger partial charge is 0.366 e. The van der Waals surface area contributed by atoms with Crippen molar-refractivity contribution in [3.8, 4) is 0 Å². The van der Waals surface area contributed by atoms with Gasteiger partial charge in [0.15, 0.2) is 0 Å². The molecule has 0 amide bonds. The van der Waals surface area contributed by atoms with Gasteiger partial charge >= 0.3 is 0 Å². The van der Waals surface area contributed by atoms with Crippen LogP contribution in [0.3, 0.4) is 0 Å². The van der Waals surface area contributed by atoms with Crippen LogP contribution >= 0.6 is 15.9 Å². The number of halogens is 1. The summed E-state index contributed by atoms with van der Waals surface area (Å²) in [6.07, 6.45) is 5.27. The van der Waals surface area contributed by atoms with Crippen molar-refractivity contribution in [1.29, 1.82) is 0 Å². The first-order valence-electron chi connectivity index (χ1n) is 7.68. The molecule has 0 spiro atoms. The van der Waals surface area contributed by atoms with Gasteiger partial charge in [0, 0.05) is 30.6 Å². The molecule has 0 saturated carbocycles. The van der Waals surface area contributed by atoms with E-state index in [1.54, 1.807) is 0 Å². The summed E-state index contributed by atoms with van der Waals surface area (Å²) >= 11 is 3.50. The van der Waals surface area contributed by atoms with E-state index in [2.05, 4.69) is 50.0 Å². The summed E-state index contributed by atoms with van der Waals surface area (Å²) in [5.74, 6) is 2.22. The van der Waals surface area contributed by atoms with E-state index < -0.39 is 0 Å². The maximum atomic E-state index is 4.66. The highest BCUT2D eigenvalue weighted by molar-refractivity contribution is 9.10. The van der Waals surface area contributed by atoms with E-state index in [-0.39, 0.29) is 0 Å². The maximum absolute atomic E-state index is 4.66. The number of nitrogens with zero attached hydrogens (tertiary/aromatic N) is 3. The molecule has 1 aromatic heterocycles. The topological polar surface area (TPSA) is 41.1 Å². The van der Waals surface area contributed by atoms with Gasteiger partial charge in [0.2, 0.25) is 0 Å². The second kappa shape index (κ2) is 5.98. The van der Waals surface area contributed by atoms with Gasteiger partial charge in [0.25, 0.3) is 0 Å². The molecule has 2 unspecified atom stereocenters. The lowest BCUT2D eigenvalue weighted by molar-refractivity contribution is 0.192. The lowest BCUT2D eigenvalue weighted by Gasteiger charge is -2.32. The monoisotopic (exact) mass is 338 g/mol. The van der Waals surface area contributed by atoms with Crippen LogP contribution in [0, 0.1) is 0 Å². The number of hydrogen-bond acceptors (Lipinski definition) is 4. The molecule has 5 heteroatoms. The van der Waals surface area contributed by atoms with E-state index in [0.29, 0.717) is 18.0 Å². The molecule has 110 valence electrons. The average Bonchev–Trinajstić information content (AvgIpc) is 2.82. The molecule has 3 rings (SSSR count). The Kier molecular flexibility index (Phi) is 4.26. The number of anilines is 1. The van der Waals surface area contributed by atoms with E-state index in [0.717, 1.165) is 16.2 Å². The molecule has 0 bridgehead atoms. The summed E-state index contributed by atoms with van der Waals surface area (Å²) in [6.45, 7) is 6.76. The molecule has 2 aliphatic rings. The molecule has 2 fully saturated rings. The number of rotatable bonds is 3. The fraction of sp³-hybridized carbons (Fsp3) is 0.733. The minimum atomic E-state index is 0.350.